The highest BCUT2D eigenvalue weighted by molar-refractivity contribution is 6.42. The molecule has 0 saturated carbocycles. The maximum absolute atomic E-state index is 12.2. The highest BCUT2D eigenvalue weighted by atomic mass is 35.5. The summed E-state index contributed by atoms with van der Waals surface area (Å²) in [6, 6.07) is 14.8. The second-order valence-electron chi connectivity index (χ2n) is 5.25. The molecule has 2 aromatic rings. The minimum Gasteiger partial charge on any atom is -0.383 e. The molecule has 24 heavy (non-hydrogen) atoms. The van der Waals surface area contributed by atoms with Gasteiger partial charge in [-0.15, -0.1) is 0 Å². The largest absolute Gasteiger partial charge is 0.383 e. The first-order valence-corrected chi connectivity index (χ1v) is 8.36. The number of hydrogen-bond donors (Lipinski definition) is 2. The van der Waals surface area contributed by atoms with Crippen molar-refractivity contribution in [2.24, 2.45) is 0 Å². The predicted molar refractivity (Wildman–Crippen MR) is 97.6 cm³/mol. The topological polar surface area (TPSA) is 50.4 Å². The van der Waals surface area contributed by atoms with Crippen LogP contribution in [0.15, 0.2) is 48.5 Å². The van der Waals surface area contributed by atoms with Crippen LogP contribution >= 0.6 is 23.2 Å². The molecule has 2 rings (SSSR count). The lowest BCUT2D eigenvalue weighted by atomic mass is 9.98. The molecule has 6 heteroatoms. The Hall–Kier alpha value is -1.59. The van der Waals surface area contributed by atoms with E-state index < -0.39 is 0 Å². The van der Waals surface area contributed by atoms with E-state index in [0.29, 0.717) is 23.2 Å². The fourth-order valence-electron chi connectivity index (χ4n) is 2.28. The van der Waals surface area contributed by atoms with Gasteiger partial charge in [0.1, 0.15) is 0 Å². The van der Waals surface area contributed by atoms with E-state index in [1.165, 1.54) is 0 Å². The first-order chi connectivity index (χ1) is 11.6. The molecular weight excluding hydrogens is 347 g/mol. The Kier molecular flexibility index (Phi) is 7.53. The third-order valence-corrected chi connectivity index (χ3v) is 4.22. The summed E-state index contributed by atoms with van der Waals surface area (Å²) in [6.07, 6.45) is 0. The summed E-state index contributed by atoms with van der Waals surface area (Å²) in [6.45, 7) is 1.39. The third-order valence-electron chi connectivity index (χ3n) is 3.48. The predicted octanol–water partition coefficient (Wildman–Crippen LogP) is 3.44. The molecule has 128 valence electrons. The normalized spacial score (nSPS) is 12.0. The standard InChI is InChI=1S/C18H20Cl2N2O2/c1-24-10-9-21-12-17(23)22-18(13-5-3-2-4-6-13)14-7-8-15(19)16(20)11-14/h2-8,11,18,21H,9-10,12H2,1H3,(H,22,23). The van der Waals surface area contributed by atoms with E-state index in [9.17, 15) is 4.79 Å². The molecule has 2 aromatic carbocycles. The van der Waals surface area contributed by atoms with Gasteiger partial charge in [0.15, 0.2) is 0 Å². The first kappa shape index (κ1) is 18.7. The molecule has 0 aliphatic rings. The maximum Gasteiger partial charge on any atom is 0.234 e. The van der Waals surface area contributed by atoms with E-state index in [2.05, 4.69) is 10.6 Å². The number of amides is 1. The van der Waals surface area contributed by atoms with Crippen LogP contribution in [-0.2, 0) is 9.53 Å². The Morgan fingerprint density at radius 2 is 1.83 bits per heavy atom. The lowest BCUT2D eigenvalue weighted by molar-refractivity contribution is -0.120. The zero-order chi connectivity index (χ0) is 17.4. The average Bonchev–Trinajstić information content (AvgIpc) is 2.60. The summed E-state index contributed by atoms with van der Waals surface area (Å²) in [4.78, 5) is 12.2. The van der Waals surface area contributed by atoms with Crippen LogP contribution in [-0.4, -0.2) is 32.7 Å². The van der Waals surface area contributed by atoms with E-state index in [1.54, 1.807) is 19.2 Å². The lowest BCUT2D eigenvalue weighted by Gasteiger charge is -2.20. The van der Waals surface area contributed by atoms with E-state index in [-0.39, 0.29) is 18.5 Å². The van der Waals surface area contributed by atoms with Crippen molar-refractivity contribution in [3.05, 3.63) is 69.7 Å². The fraction of sp³-hybridized carbons (Fsp3) is 0.278. The van der Waals surface area contributed by atoms with Crippen LogP contribution in [0.25, 0.3) is 0 Å². The fourth-order valence-corrected chi connectivity index (χ4v) is 2.59. The van der Waals surface area contributed by atoms with Gasteiger partial charge in [-0.2, -0.15) is 0 Å². The number of hydrogen-bond acceptors (Lipinski definition) is 3. The molecule has 2 N–H and O–H groups in total. The van der Waals surface area contributed by atoms with Gasteiger partial charge in [-0.1, -0.05) is 59.6 Å². The van der Waals surface area contributed by atoms with Gasteiger partial charge in [0.25, 0.3) is 0 Å². The molecule has 0 fully saturated rings. The summed E-state index contributed by atoms with van der Waals surface area (Å²) in [7, 11) is 1.62. The van der Waals surface area contributed by atoms with Crippen LogP contribution in [0.5, 0.6) is 0 Å². The minimum atomic E-state index is -0.294. The van der Waals surface area contributed by atoms with Crippen LogP contribution in [0.4, 0.5) is 0 Å². The first-order valence-electron chi connectivity index (χ1n) is 7.60. The molecule has 1 unspecified atom stereocenters. The van der Waals surface area contributed by atoms with E-state index in [0.717, 1.165) is 11.1 Å². The molecule has 0 spiro atoms. The molecule has 0 saturated heterocycles. The van der Waals surface area contributed by atoms with Crippen molar-refractivity contribution in [3.8, 4) is 0 Å². The van der Waals surface area contributed by atoms with Crippen molar-refractivity contribution in [2.75, 3.05) is 26.8 Å². The molecule has 0 aliphatic carbocycles. The summed E-state index contributed by atoms with van der Waals surface area (Å²) in [5, 5.41) is 7.01. The van der Waals surface area contributed by atoms with Crippen molar-refractivity contribution in [2.45, 2.75) is 6.04 Å². The van der Waals surface area contributed by atoms with Gasteiger partial charge >= 0.3 is 0 Å². The highest BCUT2D eigenvalue weighted by Gasteiger charge is 2.17. The Morgan fingerprint density at radius 1 is 1.08 bits per heavy atom. The van der Waals surface area contributed by atoms with E-state index in [4.69, 9.17) is 27.9 Å². The molecule has 0 aromatic heterocycles. The Morgan fingerprint density at radius 3 is 2.50 bits per heavy atom. The van der Waals surface area contributed by atoms with Gasteiger partial charge in [0, 0.05) is 13.7 Å². The number of rotatable bonds is 8. The number of methoxy groups -OCH3 is 1. The SMILES string of the molecule is COCCNCC(=O)NC(c1ccccc1)c1ccc(Cl)c(Cl)c1. The molecule has 1 atom stereocenters. The monoisotopic (exact) mass is 366 g/mol. The molecule has 0 bridgehead atoms. The van der Waals surface area contributed by atoms with Gasteiger partial charge in [0.2, 0.25) is 5.91 Å². The van der Waals surface area contributed by atoms with E-state index in [1.807, 2.05) is 36.4 Å². The van der Waals surface area contributed by atoms with Gasteiger partial charge in [0.05, 0.1) is 29.2 Å². The summed E-state index contributed by atoms with van der Waals surface area (Å²) < 4.78 is 4.95. The molecular formula is C18H20Cl2N2O2. The van der Waals surface area contributed by atoms with Gasteiger partial charge in [-0.3, -0.25) is 4.79 Å². The molecule has 0 radical (unpaired) electrons. The lowest BCUT2D eigenvalue weighted by Crippen LogP contribution is -2.37. The number of nitrogens with one attached hydrogen (secondary N) is 2. The van der Waals surface area contributed by atoms with Crippen LogP contribution in [0.1, 0.15) is 17.2 Å². The number of carbonyl (C=O) groups excluding carboxylic acids is 1. The van der Waals surface area contributed by atoms with Gasteiger partial charge in [-0.05, 0) is 23.3 Å². The number of halogens is 2. The van der Waals surface area contributed by atoms with Crippen molar-refractivity contribution in [1.29, 1.82) is 0 Å². The van der Waals surface area contributed by atoms with Crippen molar-refractivity contribution < 1.29 is 9.53 Å². The maximum atomic E-state index is 12.2. The average molecular weight is 367 g/mol. The highest BCUT2D eigenvalue weighted by Crippen LogP contribution is 2.28. The zero-order valence-corrected chi connectivity index (χ0v) is 14.9. The summed E-state index contributed by atoms with van der Waals surface area (Å²) in [5.74, 6) is -0.106. The van der Waals surface area contributed by atoms with E-state index >= 15 is 0 Å². The zero-order valence-electron chi connectivity index (χ0n) is 13.4. The second-order valence-corrected chi connectivity index (χ2v) is 6.07. The van der Waals surface area contributed by atoms with Crippen molar-refractivity contribution >= 4 is 29.1 Å². The van der Waals surface area contributed by atoms with Crippen LogP contribution < -0.4 is 10.6 Å². The number of ether oxygens (including phenoxy) is 1. The Labute approximate surface area is 152 Å². The Bertz CT molecular complexity index is 665. The van der Waals surface area contributed by atoms with Crippen molar-refractivity contribution in [1.82, 2.24) is 10.6 Å². The second kappa shape index (κ2) is 9.64. The minimum absolute atomic E-state index is 0.106. The van der Waals surface area contributed by atoms with Gasteiger partial charge < -0.3 is 15.4 Å². The smallest absolute Gasteiger partial charge is 0.234 e. The summed E-state index contributed by atoms with van der Waals surface area (Å²) >= 11 is 12.1. The van der Waals surface area contributed by atoms with Gasteiger partial charge in [-0.25, -0.2) is 0 Å². The molecule has 0 aliphatic heterocycles. The van der Waals surface area contributed by atoms with Crippen LogP contribution in [0.2, 0.25) is 10.0 Å². The van der Waals surface area contributed by atoms with Crippen LogP contribution in [0.3, 0.4) is 0 Å². The number of carbonyl (C=O) groups is 1. The summed E-state index contributed by atoms with van der Waals surface area (Å²) in [5.41, 5.74) is 1.85. The molecule has 4 nitrogen and oxygen atoms in total. The van der Waals surface area contributed by atoms with Crippen LogP contribution in [0, 0.1) is 0 Å². The molecule has 0 heterocycles. The number of benzene rings is 2. The Balaban J connectivity index is 2.15. The van der Waals surface area contributed by atoms with Crippen molar-refractivity contribution in [3.63, 3.8) is 0 Å². The quantitative estimate of drug-likeness (QED) is 0.703. The third kappa shape index (κ3) is 5.49. The molecule has 1 amide bonds.